The van der Waals surface area contributed by atoms with Crippen molar-refractivity contribution in [3.8, 4) is 22.5 Å². The van der Waals surface area contributed by atoms with Gasteiger partial charge in [-0.3, -0.25) is 4.79 Å². The fraction of sp³-hybridized carbons (Fsp3) is 0. The van der Waals surface area contributed by atoms with E-state index in [0.29, 0.717) is 16.7 Å². The third-order valence-corrected chi connectivity index (χ3v) is 3.86. The minimum absolute atomic E-state index is 0.117. The average Bonchev–Trinajstić information content (AvgIpc) is 2.63. The second-order valence-corrected chi connectivity index (χ2v) is 5.38. The molecule has 0 atom stereocenters. The van der Waals surface area contributed by atoms with E-state index in [4.69, 9.17) is 0 Å². The molecule has 1 N–H and O–H groups in total. The van der Waals surface area contributed by atoms with E-state index in [1.165, 1.54) is 0 Å². The molecule has 0 saturated carbocycles. The van der Waals surface area contributed by atoms with Gasteiger partial charge in [-0.15, -0.1) is 0 Å². The van der Waals surface area contributed by atoms with E-state index in [1.54, 1.807) is 0 Å². The minimum atomic E-state index is -0.117. The number of aromatic nitrogens is 2. The summed E-state index contributed by atoms with van der Waals surface area (Å²) in [7, 11) is 0. The summed E-state index contributed by atoms with van der Waals surface area (Å²) >= 11 is 0. The topological polar surface area (TPSA) is 45.8 Å². The van der Waals surface area contributed by atoms with Crippen molar-refractivity contribution in [2.24, 2.45) is 0 Å². The quantitative estimate of drug-likeness (QED) is 0.601. The van der Waals surface area contributed by atoms with E-state index in [1.807, 2.05) is 78.9 Å². The highest BCUT2D eigenvalue weighted by Crippen LogP contribution is 2.23. The maximum Gasteiger partial charge on any atom is 0.259 e. The molecule has 0 aliphatic heterocycles. The lowest BCUT2D eigenvalue weighted by Crippen LogP contribution is -2.09. The van der Waals surface area contributed by atoms with Gasteiger partial charge in [-0.2, -0.15) is 0 Å². The van der Waals surface area contributed by atoms with Gasteiger partial charge in [0.2, 0.25) is 0 Å². The monoisotopic (exact) mass is 298 g/mol. The van der Waals surface area contributed by atoms with Gasteiger partial charge in [0, 0.05) is 5.56 Å². The Morgan fingerprint density at radius 2 is 1.35 bits per heavy atom. The normalized spacial score (nSPS) is 10.8. The Balaban J connectivity index is 1.92. The molecule has 1 heterocycles. The molecule has 0 saturated heterocycles. The first-order valence-corrected chi connectivity index (χ1v) is 7.46. The van der Waals surface area contributed by atoms with Crippen LogP contribution in [0.5, 0.6) is 0 Å². The highest BCUT2D eigenvalue weighted by Gasteiger charge is 2.07. The Morgan fingerprint density at radius 1 is 0.696 bits per heavy atom. The van der Waals surface area contributed by atoms with Crippen LogP contribution in [0.15, 0.2) is 83.7 Å². The zero-order valence-electron chi connectivity index (χ0n) is 12.4. The SMILES string of the molecule is O=c1[nH]c(-c2ccccc2)nc2cc(-c3ccccc3)ccc12. The summed E-state index contributed by atoms with van der Waals surface area (Å²) in [6.45, 7) is 0. The molecule has 0 unspecified atom stereocenters. The van der Waals surface area contributed by atoms with E-state index >= 15 is 0 Å². The molecular weight excluding hydrogens is 284 g/mol. The zero-order chi connectivity index (χ0) is 15.6. The Hall–Kier alpha value is -3.20. The van der Waals surface area contributed by atoms with Crippen LogP contribution in [0.4, 0.5) is 0 Å². The van der Waals surface area contributed by atoms with Gasteiger partial charge in [-0.25, -0.2) is 4.98 Å². The van der Waals surface area contributed by atoms with Gasteiger partial charge in [0.15, 0.2) is 0 Å². The second kappa shape index (κ2) is 5.54. The number of aromatic amines is 1. The molecule has 23 heavy (non-hydrogen) atoms. The largest absolute Gasteiger partial charge is 0.306 e. The molecule has 1 aromatic heterocycles. The molecule has 3 nitrogen and oxygen atoms in total. The van der Waals surface area contributed by atoms with Gasteiger partial charge in [0.25, 0.3) is 5.56 Å². The lowest BCUT2D eigenvalue weighted by molar-refractivity contribution is 1.18. The third-order valence-electron chi connectivity index (χ3n) is 3.86. The second-order valence-electron chi connectivity index (χ2n) is 5.38. The number of benzene rings is 3. The van der Waals surface area contributed by atoms with Crippen LogP contribution in [0.3, 0.4) is 0 Å². The summed E-state index contributed by atoms with van der Waals surface area (Å²) < 4.78 is 0. The Kier molecular flexibility index (Phi) is 3.24. The van der Waals surface area contributed by atoms with Gasteiger partial charge in [-0.1, -0.05) is 66.7 Å². The zero-order valence-corrected chi connectivity index (χ0v) is 12.4. The van der Waals surface area contributed by atoms with E-state index < -0.39 is 0 Å². The molecule has 3 aromatic carbocycles. The Morgan fingerprint density at radius 3 is 2.04 bits per heavy atom. The first kappa shape index (κ1) is 13.5. The van der Waals surface area contributed by atoms with Gasteiger partial charge in [-0.05, 0) is 23.3 Å². The Labute approximate surface area is 133 Å². The molecule has 0 amide bonds. The van der Waals surface area contributed by atoms with E-state index in [2.05, 4.69) is 9.97 Å². The first-order valence-electron chi connectivity index (χ1n) is 7.46. The summed E-state index contributed by atoms with van der Waals surface area (Å²) in [4.78, 5) is 19.8. The number of nitrogens with one attached hydrogen (secondary N) is 1. The maximum absolute atomic E-state index is 12.3. The maximum atomic E-state index is 12.3. The highest BCUT2D eigenvalue weighted by molar-refractivity contribution is 5.84. The van der Waals surface area contributed by atoms with Gasteiger partial charge < -0.3 is 4.98 Å². The smallest absolute Gasteiger partial charge is 0.259 e. The molecular formula is C20H14N2O. The number of rotatable bonds is 2. The molecule has 0 spiro atoms. The van der Waals surface area contributed by atoms with Crippen LogP contribution in [0.25, 0.3) is 33.4 Å². The molecule has 0 fully saturated rings. The molecule has 4 aromatic rings. The van der Waals surface area contributed by atoms with Crippen molar-refractivity contribution in [3.63, 3.8) is 0 Å². The standard InChI is InChI=1S/C20H14N2O/c23-20-17-12-11-16(14-7-3-1-4-8-14)13-18(17)21-19(22-20)15-9-5-2-6-10-15/h1-13H,(H,21,22,23). The van der Waals surface area contributed by atoms with Gasteiger partial charge in [0.1, 0.15) is 5.82 Å². The fourth-order valence-electron chi connectivity index (χ4n) is 2.68. The van der Waals surface area contributed by atoms with Crippen molar-refractivity contribution in [3.05, 3.63) is 89.2 Å². The van der Waals surface area contributed by atoms with Crippen LogP contribution in [-0.4, -0.2) is 9.97 Å². The number of hydrogen-bond donors (Lipinski definition) is 1. The van der Waals surface area contributed by atoms with Crippen LogP contribution in [-0.2, 0) is 0 Å². The predicted octanol–water partition coefficient (Wildman–Crippen LogP) is 4.26. The summed E-state index contributed by atoms with van der Waals surface area (Å²) in [5, 5.41) is 0.601. The fourth-order valence-corrected chi connectivity index (χ4v) is 2.68. The minimum Gasteiger partial charge on any atom is -0.306 e. The molecule has 110 valence electrons. The van der Waals surface area contributed by atoms with Crippen LogP contribution in [0.1, 0.15) is 0 Å². The van der Waals surface area contributed by atoms with Crippen LogP contribution >= 0.6 is 0 Å². The number of H-pyrrole nitrogens is 1. The summed E-state index contributed by atoms with van der Waals surface area (Å²) in [5.41, 5.74) is 3.65. The van der Waals surface area contributed by atoms with Crippen molar-refractivity contribution in [2.45, 2.75) is 0 Å². The van der Waals surface area contributed by atoms with Crippen molar-refractivity contribution < 1.29 is 0 Å². The number of fused-ring (bicyclic) bond motifs is 1. The number of hydrogen-bond acceptors (Lipinski definition) is 2. The number of nitrogens with zero attached hydrogens (tertiary/aromatic N) is 1. The van der Waals surface area contributed by atoms with Crippen molar-refractivity contribution in [1.29, 1.82) is 0 Å². The van der Waals surface area contributed by atoms with Gasteiger partial charge >= 0.3 is 0 Å². The summed E-state index contributed by atoms with van der Waals surface area (Å²) in [6, 6.07) is 25.5. The predicted molar refractivity (Wildman–Crippen MR) is 93.2 cm³/mol. The van der Waals surface area contributed by atoms with Crippen molar-refractivity contribution >= 4 is 10.9 Å². The van der Waals surface area contributed by atoms with Crippen LogP contribution in [0, 0.1) is 0 Å². The lowest BCUT2D eigenvalue weighted by atomic mass is 10.0. The van der Waals surface area contributed by atoms with Crippen LogP contribution < -0.4 is 5.56 Å². The molecule has 0 bridgehead atoms. The Bertz CT molecular complexity index is 1020. The van der Waals surface area contributed by atoms with Crippen molar-refractivity contribution in [2.75, 3.05) is 0 Å². The van der Waals surface area contributed by atoms with Crippen LogP contribution in [0.2, 0.25) is 0 Å². The summed E-state index contributed by atoms with van der Waals surface area (Å²) in [5.74, 6) is 0.591. The molecule has 0 radical (unpaired) electrons. The van der Waals surface area contributed by atoms with Gasteiger partial charge in [0.05, 0.1) is 10.9 Å². The molecule has 4 rings (SSSR count). The molecule has 0 aliphatic rings. The van der Waals surface area contributed by atoms with E-state index in [-0.39, 0.29) is 5.56 Å². The third kappa shape index (κ3) is 2.53. The van der Waals surface area contributed by atoms with E-state index in [0.717, 1.165) is 16.7 Å². The lowest BCUT2D eigenvalue weighted by Gasteiger charge is -2.06. The first-order chi connectivity index (χ1) is 11.3. The van der Waals surface area contributed by atoms with E-state index in [9.17, 15) is 4.79 Å². The molecule has 3 heteroatoms. The summed E-state index contributed by atoms with van der Waals surface area (Å²) in [6.07, 6.45) is 0. The molecule has 0 aliphatic carbocycles. The highest BCUT2D eigenvalue weighted by atomic mass is 16.1. The van der Waals surface area contributed by atoms with Crippen molar-refractivity contribution in [1.82, 2.24) is 9.97 Å². The average molecular weight is 298 g/mol.